The average molecular weight is 438 g/mol. The van der Waals surface area contributed by atoms with Gasteiger partial charge in [0.15, 0.2) is 0 Å². The summed E-state index contributed by atoms with van der Waals surface area (Å²) in [7, 11) is 1.50. The summed E-state index contributed by atoms with van der Waals surface area (Å²) in [5.74, 6) is -0.503. The molecule has 1 saturated carbocycles. The molecular weight excluding hydrogens is 413 g/mol. The van der Waals surface area contributed by atoms with Gasteiger partial charge in [-0.1, -0.05) is 12.1 Å². The van der Waals surface area contributed by atoms with Crippen molar-refractivity contribution in [1.82, 2.24) is 4.98 Å². The van der Waals surface area contributed by atoms with E-state index in [9.17, 15) is 23.1 Å². The van der Waals surface area contributed by atoms with Crippen LogP contribution in [0.1, 0.15) is 41.4 Å². The molecule has 1 aliphatic rings. The number of hydrogen-bond donors (Lipinski definition) is 2. The molecule has 1 amide bonds. The van der Waals surface area contributed by atoms with Gasteiger partial charge in [-0.2, -0.15) is 13.2 Å². The number of ether oxygens (including phenoxy) is 2. The Kier molecular flexibility index (Phi) is 6.56. The minimum Gasteiger partial charge on any atom is -0.475 e. The van der Waals surface area contributed by atoms with Gasteiger partial charge in [-0.15, -0.1) is 0 Å². The average Bonchev–Trinajstić information content (AvgIpc) is 3.53. The Hall–Kier alpha value is -2.65. The number of primary amides is 1. The number of carbonyl (C=O) groups excluding carboxylic acids is 1. The maximum atomic E-state index is 12.9. The smallest absolute Gasteiger partial charge is 0.416 e. The van der Waals surface area contributed by atoms with E-state index in [0.717, 1.165) is 25.0 Å². The fourth-order valence-electron chi connectivity index (χ4n) is 3.45. The van der Waals surface area contributed by atoms with E-state index in [1.165, 1.54) is 25.3 Å². The molecule has 0 bridgehead atoms. The second-order valence-corrected chi connectivity index (χ2v) is 7.92. The maximum absolute atomic E-state index is 12.9. The van der Waals surface area contributed by atoms with Gasteiger partial charge in [0.1, 0.15) is 6.61 Å². The molecule has 1 fully saturated rings. The fourth-order valence-corrected chi connectivity index (χ4v) is 3.45. The lowest BCUT2D eigenvalue weighted by Gasteiger charge is -2.24. The lowest BCUT2D eigenvalue weighted by atomic mass is 9.91. The molecule has 3 rings (SSSR count). The van der Waals surface area contributed by atoms with Crippen LogP contribution >= 0.6 is 0 Å². The van der Waals surface area contributed by atoms with E-state index in [-0.39, 0.29) is 42.7 Å². The topological polar surface area (TPSA) is 94.7 Å². The zero-order chi connectivity index (χ0) is 22.8. The molecule has 0 aliphatic heterocycles. The van der Waals surface area contributed by atoms with E-state index in [2.05, 4.69) is 4.98 Å². The number of alkyl halides is 3. The van der Waals surface area contributed by atoms with Crippen molar-refractivity contribution in [2.24, 2.45) is 11.7 Å². The highest BCUT2D eigenvalue weighted by atomic mass is 19.4. The molecule has 1 heterocycles. The van der Waals surface area contributed by atoms with Crippen molar-refractivity contribution in [3.8, 4) is 17.0 Å². The van der Waals surface area contributed by atoms with Crippen molar-refractivity contribution in [3.05, 3.63) is 47.2 Å². The third kappa shape index (κ3) is 5.54. The van der Waals surface area contributed by atoms with E-state index < -0.39 is 23.2 Å². The largest absolute Gasteiger partial charge is 0.475 e. The Labute approximate surface area is 178 Å². The number of methoxy groups -OCH3 is 1. The minimum absolute atomic E-state index is 0.0925. The minimum atomic E-state index is -4.47. The number of aliphatic hydroxyl groups is 1. The molecule has 1 aromatic carbocycles. The van der Waals surface area contributed by atoms with Crippen LogP contribution in [0.3, 0.4) is 0 Å². The highest BCUT2D eigenvalue weighted by Crippen LogP contribution is 2.42. The number of halogens is 3. The van der Waals surface area contributed by atoms with Crippen LogP contribution in [0.4, 0.5) is 13.2 Å². The second-order valence-electron chi connectivity index (χ2n) is 7.92. The molecular formula is C22H25F3N2O4. The zero-order valence-electron chi connectivity index (χ0n) is 17.3. The molecule has 0 spiro atoms. The number of carbonyl (C=O) groups is 1. The van der Waals surface area contributed by atoms with E-state index in [1.807, 2.05) is 0 Å². The number of hydrogen-bond acceptors (Lipinski definition) is 5. The van der Waals surface area contributed by atoms with E-state index in [1.54, 1.807) is 6.92 Å². The Balaban J connectivity index is 2.05. The standard InChI is InChI=1S/C22H25F3N2O4/c1-21(29,14-7-8-14)12-18-17(19(26)28)11-16(20(27-18)31-10-9-30-2)13-3-5-15(6-4-13)22(23,24)25/h3-6,11,14,29H,7-10,12H2,1-2H3,(H2,26,28)/t21-/m0/s1. The number of benzene rings is 1. The van der Waals surface area contributed by atoms with Crippen molar-refractivity contribution in [2.45, 2.75) is 38.0 Å². The summed E-state index contributed by atoms with van der Waals surface area (Å²) >= 11 is 0. The summed E-state index contributed by atoms with van der Waals surface area (Å²) < 4.78 is 49.5. The zero-order valence-corrected chi connectivity index (χ0v) is 17.3. The van der Waals surface area contributed by atoms with Gasteiger partial charge in [-0.25, -0.2) is 4.98 Å². The predicted molar refractivity (Wildman–Crippen MR) is 108 cm³/mol. The summed E-state index contributed by atoms with van der Waals surface area (Å²) in [4.78, 5) is 16.6. The van der Waals surface area contributed by atoms with Gasteiger partial charge in [-0.05, 0) is 49.4 Å². The first-order chi connectivity index (χ1) is 14.5. The number of nitrogens with two attached hydrogens (primary N) is 1. The molecule has 1 aromatic heterocycles. The molecule has 3 N–H and O–H groups in total. The van der Waals surface area contributed by atoms with Crippen LogP contribution < -0.4 is 10.5 Å². The summed E-state index contributed by atoms with van der Waals surface area (Å²) in [5, 5.41) is 10.8. The lowest BCUT2D eigenvalue weighted by molar-refractivity contribution is -0.137. The Morgan fingerprint density at radius 1 is 1.23 bits per heavy atom. The second kappa shape index (κ2) is 8.84. The molecule has 9 heteroatoms. The van der Waals surface area contributed by atoms with E-state index in [0.29, 0.717) is 11.1 Å². The molecule has 6 nitrogen and oxygen atoms in total. The molecule has 0 saturated heterocycles. The normalized spacial score (nSPS) is 16.1. The molecule has 31 heavy (non-hydrogen) atoms. The lowest BCUT2D eigenvalue weighted by Crippen LogP contribution is -2.32. The van der Waals surface area contributed by atoms with Gasteiger partial charge in [0, 0.05) is 19.1 Å². The van der Waals surface area contributed by atoms with Crippen molar-refractivity contribution < 1.29 is 32.5 Å². The Morgan fingerprint density at radius 3 is 2.39 bits per heavy atom. The molecule has 1 atom stereocenters. The third-order valence-corrected chi connectivity index (χ3v) is 5.36. The predicted octanol–water partition coefficient (Wildman–Crippen LogP) is 3.60. The quantitative estimate of drug-likeness (QED) is 0.584. The summed E-state index contributed by atoms with van der Waals surface area (Å²) in [6, 6.07) is 5.92. The van der Waals surface area contributed by atoms with Crippen molar-refractivity contribution >= 4 is 5.91 Å². The Bertz CT molecular complexity index is 939. The van der Waals surface area contributed by atoms with Crippen LogP contribution in [-0.4, -0.2) is 41.9 Å². The van der Waals surface area contributed by atoms with Crippen LogP contribution in [0, 0.1) is 5.92 Å². The first-order valence-corrected chi connectivity index (χ1v) is 9.88. The van der Waals surface area contributed by atoms with Crippen molar-refractivity contribution in [3.63, 3.8) is 0 Å². The number of pyridine rings is 1. The number of amides is 1. The van der Waals surface area contributed by atoms with Gasteiger partial charge in [-0.3, -0.25) is 4.79 Å². The van der Waals surface area contributed by atoms with Crippen molar-refractivity contribution in [1.29, 1.82) is 0 Å². The van der Waals surface area contributed by atoms with Crippen LogP contribution in [0.2, 0.25) is 0 Å². The first-order valence-electron chi connectivity index (χ1n) is 9.88. The summed E-state index contributed by atoms with van der Waals surface area (Å²) in [5.41, 5.74) is 4.79. The van der Waals surface area contributed by atoms with Gasteiger partial charge in [0.05, 0.1) is 29.0 Å². The maximum Gasteiger partial charge on any atom is 0.416 e. The number of nitrogens with zero attached hydrogens (tertiary/aromatic N) is 1. The van der Waals surface area contributed by atoms with Gasteiger partial charge >= 0.3 is 6.18 Å². The first kappa shape index (κ1) is 23.0. The highest BCUT2D eigenvalue weighted by Gasteiger charge is 2.41. The SMILES string of the molecule is COCCOc1nc(C[C@](C)(O)C2CC2)c(C(N)=O)cc1-c1ccc(C(F)(F)F)cc1. The summed E-state index contributed by atoms with van der Waals surface area (Å²) in [6.45, 7) is 2.10. The molecule has 1 aliphatic carbocycles. The van der Waals surface area contributed by atoms with Crippen LogP contribution in [0.25, 0.3) is 11.1 Å². The molecule has 0 radical (unpaired) electrons. The van der Waals surface area contributed by atoms with Crippen LogP contribution in [0.5, 0.6) is 5.88 Å². The highest BCUT2D eigenvalue weighted by molar-refractivity contribution is 5.95. The monoisotopic (exact) mass is 438 g/mol. The molecule has 0 unspecified atom stereocenters. The van der Waals surface area contributed by atoms with E-state index >= 15 is 0 Å². The summed E-state index contributed by atoms with van der Waals surface area (Å²) in [6.07, 6.45) is -2.59. The van der Waals surface area contributed by atoms with E-state index in [4.69, 9.17) is 15.2 Å². The van der Waals surface area contributed by atoms with Gasteiger partial charge in [0.25, 0.3) is 5.91 Å². The molecule has 2 aromatic rings. The van der Waals surface area contributed by atoms with Gasteiger partial charge < -0.3 is 20.3 Å². The van der Waals surface area contributed by atoms with Crippen molar-refractivity contribution in [2.75, 3.05) is 20.3 Å². The number of rotatable bonds is 9. The van der Waals surface area contributed by atoms with Crippen LogP contribution in [0.15, 0.2) is 30.3 Å². The Morgan fingerprint density at radius 2 is 1.87 bits per heavy atom. The molecule has 168 valence electrons. The number of aromatic nitrogens is 1. The van der Waals surface area contributed by atoms with Gasteiger partial charge in [0.2, 0.25) is 5.88 Å². The third-order valence-electron chi connectivity index (χ3n) is 5.36. The van der Waals surface area contributed by atoms with Crippen LogP contribution in [-0.2, 0) is 17.3 Å². The fraction of sp³-hybridized carbons (Fsp3) is 0.455.